The van der Waals surface area contributed by atoms with Gasteiger partial charge in [-0.1, -0.05) is 12.2 Å². The number of halogens is 1. The van der Waals surface area contributed by atoms with E-state index in [0.717, 1.165) is 37.9 Å². The number of carbonyl (C=O) groups excluding carboxylic acids is 1. The standard InChI is InChI=1S/C25H30FN7O2/c1-35-20-4-2-3-18(5-6-20)17-33-13-9-25(8-11-27,10-14-33)31-16-21(24(29)34)23(28)32-19-7-12-30-22(26)15-19/h3-7,12,15-16,31H,2,8-10,13-14,17H2,1H3,(H2,29,34)(H2,28,30,32)/b21-16+. The summed E-state index contributed by atoms with van der Waals surface area (Å²) < 4.78 is 18.6. The van der Waals surface area contributed by atoms with Gasteiger partial charge in [0, 0.05) is 38.1 Å². The second-order valence-electron chi connectivity index (χ2n) is 8.45. The molecule has 0 bridgehead atoms. The SMILES string of the molecule is COC1=CCC=C(CN2CCC(CC#N)(N/C=C(/C(N)=O)C(N)=Nc3ccnc(F)c3)CC2)C=C1. The number of methoxy groups -OCH3 is 1. The van der Waals surface area contributed by atoms with Crippen molar-refractivity contribution < 1.29 is 13.9 Å². The number of aromatic nitrogens is 1. The number of amides is 1. The monoisotopic (exact) mass is 479 g/mol. The predicted octanol–water partition coefficient (Wildman–Crippen LogP) is 2.33. The molecule has 5 N–H and O–H groups in total. The average Bonchev–Trinajstić information content (AvgIpc) is 3.06. The van der Waals surface area contributed by atoms with Crippen LogP contribution >= 0.6 is 0 Å². The number of hydrogen-bond acceptors (Lipinski definition) is 7. The Bertz CT molecular complexity index is 1120. The minimum absolute atomic E-state index is 0.0443. The fourth-order valence-electron chi connectivity index (χ4n) is 4.00. The van der Waals surface area contributed by atoms with Crippen molar-refractivity contribution in [1.29, 1.82) is 5.26 Å². The molecule has 9 nitrogen and oxygen atoms in total. The van der Waals surface area contributed by atoms with Crippen LogP contribution in [-0.2, 0) is 9.53 Å². The van der Waals surface area contributed by atoms with E-state index in [1.54, 1.807) is 7.11 Å². The largest absolute Gasteiger partial charge is 0.497 e. The molecule has 0 radical (unpaired) electrons. The summed E-state index contributed by atoms with van der Waals surface area (Å²) in [6.07, 6.45) is 13.3. The Morgan fingerprint density at radius 2 is 2.14 bits per heavy atom. The lowest BCUT2D eigenvalue weighted by molar-refractivity contribution is -0.114. The number of piperidine rings is 1. The Kier molecular flexibility index (Phi) is 8.75. The van der Waals surface area contributed by atoms with Crippen LogP contribution in [0.5, 0.6) is 0 Å². The van der Waals surface area contributed by atoms with Gasteiger partial charge in [0.1, 0.15) is 11.6 Å². The van der Waals surface area contributed by atoms with Crippen LogP contribution < -0.4 is 16.8 Å². The van der Waals surface area contributed by atoms with Crippen molar-refractivity contribution in [3.63, 3.8) is 0 Å². The van der Waals surface area contributed by atoms with E-state index >= 15 is 0 Å². The molecule has 0 saturated carbocycles. The second kappa shape index (κ2) is 11.9. The Balaban J connectivity index is 1.68. The number of primary amides is 1. The van der Waals surface area contributed by atoms with E-state index in [-0.39, 0.29) is 23.5 Å². The molecule has 1 aliphatic heterocycles. The number of amidine groups is 1. The van der Waals surface area contributed by atoms with Crippen molar-refractivity contribution in [2.24, 2.45) is 16.5 Å². The van der Waals surface area contributed by atoms with Crippen LogP contribution in [0.2, 0.25) is 0 Å². The van der Waals surface area contributed by atoms with Gasteiger partial charge in [-0.15, -0.1) is 0 Å². The molecule has 1 aromatic rings. The van der Waals surface area contributed by atoms with E-state index in [9.17, 15) is 14.4 Å². The number of ether oxygens (including phenoxy) is 1. The second-order valence-corrected chi connectivity index (χ2v) is 8.45. The third-order valence-corrected chi connectivity index (χ3v) is 6.06. The number of carbonyl (C=O) groups is 1. The van der Waals surface area contributed by atoms with Crippen molar-refractivity contribution >= 4 is 17.4 Å². The van der Waals surface area contributed by atoms with E-state index in [0.29, 0.717) is 12.8 Å². The first-order valence-corrected chi connectivity index (χ1v) is 11.3. The predicted molar refractivity (Wildman–Crippen MR) is 131 cm³/mol. The van der Waals surface area contributed by atoms with Gasteiger partial charge in [-0.2, -0.15) is 9.65 Å². The van der Waals surface area contributed by atoms with Gasteiger partial charge in [0.05, 0.1) is 36.4 Å². The van der Waals surface area contributed by atoms with Crippen LogP contribution in [0.1, 0.15) is 25.7 Å². The van der Waals surface area contributed by atoms with Crippen molar-refractivity contribution in [2.45, 2.75) is 31.2 Å². The zero-order valence-corrected chi connectivity index (χ0v) is 19.7. The summed E-state index contributed by atoms with van der Waals surface area (Å²) in [6.45, 7) is 2.34. The number of hydrogen-bond donors (Lipinski definition) is 3. The van der Waals surface area contributed by atoms with E-state index in [1.807, 2.05) is 12.2 Å². The topological polar surface area (TPSA) is 143 Å². The lowest BCUT2D eigenvalue weighted by atomic mass is 9.84. The molecule has 0 spiro atoms. The number of pyridine rings is 1. The average molecular weight is 480 g/mol. The summed E-state index contributed by atoms with van der Waals surface area (Å²) in [7, 11) is 1.66. The zero-order chi connectivity index (χ0) is 25.3. The molecule has 3 rings (SSSR count). The molecule has 2 heterocycles. The highest BCUT2D eigenvalue weighted by Crippen LogP contribution is 2.27. The lowest BCUT2D eigenvalue weighted by Gasteiger charge is -2.41. The molecule has 0 aromatic carbocycles. The van der Waals surface area contributed by atoms with Gasteiger partial charge in [-0.25, -0.2) is 9.98 Å². The smallest absolute Gasteiger partial charge is 0.253 e. The maximum absolute atomic E-state index is 13.3. The van der Waals surface area contributed by atoms with Crippen LogP contribution in [0, 0.1) is 17.3 Å². The normalized spacial score (nSPS) is 18.7. The van der Waals surface area contributed by atoms with Gasteiger partial charge < -0.3 is 21.5 Å². The Hall–Kier alpha value is -3.97. The maximum atomic E-state index is 13.3. The molecule has 1 amide bonds. The van der Waals surface area contributed by atoms with Crippen LogP contribution in [0.25, 0.3) is 0 Å². The van der Waals surface area contributed by atoms with Crippen molar-refractivity contribution in [3.8, 4) is 6.07 Å². The first-order chi connectivity index (χ1) is 16.8. The van der Waals surface area contributed by atoms with Crippen molar-refractivity contribution in [3.05, 3.63) is 71.7 Å². The number of aliphatic imine (C=N–C) groups is 1. The fraction of sp³-hybridized carbons (Fsp3) is 0.360. The fourth-order valence-corrected chi connectivity index (χ4v) is 4.00. The summed E-state index contributed by atoms with van der Waals surface area (Å²) >= 11 is 0. The van der Waals surface area contributed by atoms with Crippen LogP contribution in [0.15, 0.2) is 70.7 Å². The Morgan fingerprint density at radius 1 is 1.37 bits per heavy atom. The van der Waals surface area contributed by atoms with Gasteiger partial charge in [0.2, 0.25) is 5.95 Å². The van der Waals surface area contributed by atoms with Gasteiger partial charge in [-0.3, -0.25) is 9.69 Å². The number of nitriles is 1. The minimum atomic E-state index is -0.783. The van der Waals surface area contributed by atoms with E-state index in [2.05, 4.69) is 38.4 Å². The number of rotatable bonds is 9. The number of nitrogens with one attached hydrogen (secondary N) is 1. The van der Waals surface area contributed by atoms with E-state index in [1.165, 1.54) is 24.0 Å². The van der Waals surface area contributed by atoms with Gasteiger partial charge in [-0.05, 0) is 43.1 Å². The summed E-state index contributed by atoms with van der Waals surface area (Å²) in [6, 6.07) is 4.79. The molecular weight excluding hydrogens is 449 g/mol. The first-order valence-electron chi connectivity index (χ1n) is 11.3. The molecule has 1 saturated heterocycles. The number of allylic oxidation sites excluding steroid dienone is 3. The summed E-state index contributed by atoms with van der Waals surface area (Å²) in [5.74, 6) is -0.807. The number of nitrogens with zero attached hydrogens (tertiary/aromatic N) is 4. The third kappa shape index (κ3) is 7.25. The van der Waals surface area contributed by atoms with Gasteiger partial charge in [0.25, 0.3) is 5.91 Å². The molecule has 10 heteroatoms. The van der Waals surface area contributed by atoms with Crippen LogP contribution in [-0.4, -0.2) is 53.9 Å². The molecule has 35 heavy (non-hydrogen) atoms. The highest BCUT2D eigenvalue weighted by Gasteiger charge is 2.34. The molecule has 1 fully saturated rings. The van der Waals surface area contributed by atoms with Gasteiger partial charge >= 0.3 is 0 Å². The molecule has 184 valence electrons. The summed E-state index contributed by atoms with van der Waals surface area (Å²) in [5.41, 5.74) is 12.3. The Morgan fingerprint density at radius 3 is 2.80 bits per heavy atom. The van der Waals surface area contributed by atoms with E-state index < -0.39 is 17.4 Å². The lowest BCUT2D eigenvalue weighted by Crippen LogP contribution is -2.52. The highest BCUT2D eigenvalue weighted by atomic mass is 19.1. The Labute approximate surface area is 204 Å². The molecule has 1 aromatic heterocycles. The molecule has 0 unspecified atom stereocenters. The minimum Gasteiger partial charge on any atom is -0.497 e. The molecule has 1 aliphatic carbocycles. The van der Waals surface area contributed by atoms with Crippen molar-refractivity contribution in [1.82, 2.24) is 15.2 Å². The van der Waals surface area contributed by atoms with E-state index in [4.69, 9.17) is 16.2 Å². The molecule has 2 aliphatic rings. The van der Waals surface area contributed by atoms with Crippen molar-refractivity contribution in [2.75, 3.05) is 26.7 Å². The third-order valence-electron chi connectivity index (χ3n) is 6.06. The number of likely N-dealkylation sites (tertiary alicyclic amines) is 1. The summed E-state index contributed by atoms with van der Waals surface area (Å²) in [5, 5.41) is 12.7. The maximum Gasteiger partial charge on any atom is 0.253 e. The van der Waals surface area contributed by atoms with Gasteiger partial charge in [0.15, 0.2) is 0 Å². The van der Waals surface area contributed by atoms with Crippen LogP contribution in [0.4, 0.5) is 10.1 Å². The first kappa shape index (κ1) is 25.6. The number of nitrogens with two attached hydrogens (primary N) is 2. The quantitative estimate of drug-likeness (QED) is 0.213. The zero-order valence-electron chi connectivity index (χ0n) is 19.7. The molecular formula is C25H30FN7O2. The highest BCUT2D eigenvalue weighted by molar-refractivity contribution is 6.20. The van der Waals surface area contributed by atoms with Crippen LogP contribution in [0.3, 0.4) is 0 Å². The summed E-state index contributed by atoms with van der Waals surface area (Å²) in [4.78, 5) is 21.9. The molecule has 0 atom stereocenters.